The van der Waals surface area contributed by atoms with Gasteiger partial charge in [0.05, 0.1) is 0 Å². The third kappa shape index (κ3) is 2.63. The monoisotopic (exact) mass is 220 g/mol. The van der Waals surface area contributed by atoms with Crippen LogP contribution >= 0.6 is 0 Å². The second-order valence-corrected chi connectivity index (χ2v) is 4.78. The van der Waals surface area contributed by atoms with Crippen LogP contribution in [-0.4, -0.2) is 13.1 Å². The van der Waals surface area contributed by atoms with Gasteiger partial charge in [-0.3, -0.25) is 0 Å². The molecule has 0 spiro atoms. The Kier molecular flexibility index (Phi) is 4.51. The largest absolute Gasteiger partial charge is 0.330 e. The molecule has 0 unspecified atom stereocenters. The molecule has 0 saturated carbocycles. The summed E-state index contributed by atoms with van der Waals surface area (Å²) in [6.07, 6.45) is 1.01. The van der Waals surface area contributed by atoms with Crippen molar-refractivity contribution < 1.29 is 0 Å². The minimum atomic E-state index is 0.401. The molecule has 4 N–H and O–H groups in total. The predicted octanol–water partition coefficient (Wildman–Crippen LogP) is 2.00. The van der Waals surface area contributed by atoms with Gasteiger partial charge in [0.15, 0.2) is 0 Å². The molecule has 1 aromatic rings. The van der Waals surface area contributed by atoms with E-state index in [1.807, 2.05) is 0 Å². The Balaban J connectivity index is 3.11. The van der Waals surface area contributed by atoms with Gasteiger partial charge in [-0.05, 0) is 80.9 Å². The smallest absolute Gasteiger partial charge is 0.00336 e. The zero-order valence-electron chi connectivity index (χ0n) is 10.9. The van der Waals surface area contributed by atoms with E-state index in [4.69, 9.17) is 11.5 Å². The van der Waals surface area contributed by atoms with Crippen molar-refractivity contribution in [1.29, 1.82) is 0 Å². The van der Waals surface area contributed by atoms with Crippen molar-refractivity contribution in [2.24, 2.45) is 17.4 Å². The van der Waals surface area contributed by atoms with Crippen molar-refractivity contribution in [3.63, 3.8) is 0 Å². The second-order valence-electron chi connectivity index (χ2n) is 4.78. The van der Waals surface area contributed by atoms with Gasteiger partial charge in [0.2, 0.25) is 0 Å². The van der Waals surface area contributed by atoms with Crippen LogP contribution in [0.4, 0.5) is 0 Å². The van der Waals surface area contributed by atoms with Gasteiger partial charge in [-0.2, -0.15) is 0 Å². The highest BCUT2D eigenvalue weighted by molar-refractivity contribution is 5.44. The van der Waals surface area contributed by atoms with E-state index in [0.717, 1.165) is 6.42 Å². The molecule has 0 aliphatic carbocycles. The molecule has 0 fully saturated rings. The van der Waals surface area contributed by atoms with Crippen molar-refractivity contribution in [2.45, 2.75) is 34.1 Å². The van der Waals surface area contributed by atoms with Gasteiger partial charge in [-0.1, -0.05) is 6.07 Å². The fraction of sp³-hybridized carbons (Fsp3) is 0.571. The minimum absolute atomic E-state index is 0.401. The molecule has 1 rings (SSSR count). The Bertz CT molecular complexity index is 339. The third-order valence-corrected chi connectivity index (χ3v) is 3.68. The average Bonchev–Trinajstić information content (AvgIpc) is 2.27. The van der Waals surface area contributed by atoms with Gasteiger partial charge in [-0.15, -0.1) is 0 Å². The first-order valence-electron chi connectivity index (χ1n) is 5.97. The summed E-state index contributed by atoms with van der Waals surface area (Å²) in [5.74, 6) is 0.401. The lowest BCUT2D eigenvalue weighted by Crippen LogP contribution is -2.26. The Morgan fingerprint density at radius 2 is 1.38 bits per heavy atom. The van der Waals surface area contributed by atoms with E-state index in [1.54, 1.807) is 0 Å². The summed E-state index contributed by atoms with van der Waals surface area (Å²) >= 11 is 0. The second kappa shape index (κ2) is 5.46. The summed E-state index contributed by atoms with van der Waals surface area (Å²) in [4.78, 5) is 0. The average molecular weight is 220 g/mol. The van der Waals surface area contributed by atoms with Crippen LogP contribution in [0.2, 0.25) is 0 Å². The molecule has 0 radical (unpaired) electrons. The molecule has 2 heteroatoms. The van der Waals surface area contributed by atoms with Gasteiger partial charge in [0, 0.05) is 0 Å². The summed E-state index contributed by atoms with van der Waals surface area (Å²) in [6.45, 7) is 10.1. The maximum absolute atomic E-state index is 5.73. The molecule has 0 heterocycles. The molecule has 0 atom stereocenters. The molecule has 1 aromatic carbocycles. The molecule has 0 aliphatic rings. The normalized spacial score (nSPS) is 11.2. The van der Waals surface area contributed by atoms with Crippen LogP contribution in [0, 0.1) is 33.6 Å². The molecule has 0 amide bonds. The molecule has 16 heavy (non-hydrogen) atoms. The van der Waals surface area contributed by atoms with Crippen molar-refractivity contribution in [2.75, 3.05) is 13.1 Å². The summed E-state index contributed by atoms with van der Waals surface area (Å²) in [5, 5.41) is 0. The van der Waals surface area contributed by atoms with E-state index in [0.29, 0.717) is 19.0 Å². The molecule has 2 nitrogen and oxygen atoms in total. The predicted molar refractivity (Wildman–Crippen MR) is 70.7 cm³/mol. The Hall–Kier alpha value is -0.860. The van der Waals surface area contributed by atoms with Crippen molar-refractivity contribution in [3.05, 3.63) is 33.9 Å². The number of hydrogen-bond donors (Lipinski definition) is 2. The summed E-state index contributed by atoms with van der Waals surface area (Å²) < 4.78 is 0. The van der Waals surface area contributed by atoms with Gasteiger partial charge in [-0.25, -0.2) is 0 Å². The molecular weight excluding hydrogens is 196 g/mol. The SMILES string of the molecule is Cc1cc(C)c(C)c(CC(CN)CN)c1C. The van der Waals surface area contributed by atoms with Crippen LogP contribution < -0.4 is 11.5 Å². The highest BCUT2D eigenvalue weighted by Crippen LogP contribution is 2.23. The Morgan fingerprint density at radius 1 is 0.938 bits per heavy atom. The number of hydrogen-bond acceptors (Lipinski definition) is 2. The first kappa shape index (κ1) is 13.2. The van der Waals surface area contributed by atoms with Gasteiger partial charge in [0.25, 0.3) is 0 Å². The van der Waals surface area contributed by atoms with Crippen molar-refractivity contribution >= 4 is 0 Å². The Labute approximate surface area is 99.0 Å². The number of rotatable bonds is 4. The van der Waals surface area contributed by atoms with Crippen LogP contribution in [0.1, 0.15) is 27.8 Å². The van der Waals surface area contributed by atoms with Crippen molar-refractivity contribution in [3.8, 4) is 0 Å². The van der Waals surface area contributed by atoms with E-state index in [1.165, 1.54) is 27.8 Å². The standard InChI is InChI=1S/C14H24N2/c1-9-5-10(2)12(4)14(11(9)3)6-13(7-15)8-16/h5,13H,6-8,15-16H2,1-4H3. The van der Waals surface area contributed by atoms with Crippen molar-refractivity contribution in [1.82, 2.24) is 0 Å². The molecular formula is C14H24N2. The van der Waals surface area contributed by atoms with Crippen LogP contribution in [0.5, 0.6) is 0 Å². The van der Waals surface area contributed by atoms with Crippen LogP contribution in [0.25, 0.3) is 0 Å². The third-order valence-electron chi connectivity index (χ3n) is 3.68. The van der Waals surface area contributed by atoms with Gasteiger partial charge >= 0.3 is 0 Å². The number of aryl methyl sites for hydroxylation is 2. The maximum atomic E-state index is 5.73. The lowest BCUT2D eigenvalue weighted by molar-refractivity contribution is 0.545. The molecule has 90 valence electrons. The maximum Gasteiger partial charge on any atom is -0.00336 e. The van der Waals surface area contributed by atoms with E-state index in [2.05, 4.69) is 33.8 Å². The first-order valence-corrected chi connectivity index (χ1v) is 5.97. The molecule has 0 aliphatic heterocycles. The zero-order chi connectivity index (χ0) is 12.3. The first-order chi connectivity index (χ1) is 7.51. The van der Waals surface area contributed by atoms with Crippen LogP contribution in [0.3, 0.4) is 0 Å². The Morgan fingerprint density at radius 3 is 1.75 bits per heavy atom. The van der Waals surface area contributed by atoms with E-state index < -0.39 is 0 Å². The highest BCUT2D eigenvalue weighted by atomic mass is 14.6. The number of benzene rings is 1. The van der Waals surface area contributed by atoms with Crippen LogP contribution in [-0.2, 0) is 6.42 Å². The van der Waals surface area contributed by atoms with E-state index in [-0.39, 0.29) is 0 Å². The highest BCUT2D eigenvalue weighted by Gasteiger charge is 2.12. The van der Waals surface area contributed by atoms with Gasteiger partial charge < -0.3 is 11.5 Å². The number of nitrogens with two attached hydrogens (primary N) is 2. The van der Waals surface area contributed by atoms with E-state index >= 15 is 0 Å². The quantitative estimate of drug-likeness (QED) is 0.815. The molecule has 0 bridgehead atoms. The lowest BCUT2D eigenvalue weighted by Gasteiger charge is -2.19. The topological polar surface area (TPSA) is 52.0 Å². The lowest BCUT2D eigenvalue weighted by atomic mass is 9.88. The summed E-state index contributed by atoms with van der Waals surface area (Å²) in [5.41, 5.74) is 18.4. The fourth-order valence-corrected chi connectivity index (χ4v) is 2.16. The zero-order valence-corrected chi connectivity index (χ0v) is 10.9. The summed E-state index contributed by atoms with van der Waals surface area (Å²) in [7, 11) is 0. The summed E-state index contributed by atoms with van der Waals surface area (Å²) in [6, 6.07) is 2.26. The fourth-order valence-electron chi connectivity index (χ4n) is 2.16. The minimum Gasteiger partial charge on any atom is -0.330 e. The molecule has 0 saturated heterocycles. The van der Waals surface area contributed by atoms with E-state index in [9.17, 15) is 0 Å². The van der Waals surface area contributed by atoms with Crippen LogP contribution in [0.15, 0.2) is 6.07 Å². The molecule has 0 aromatic heterocycles. The van der Waals surface area contributed by atoms with Gasteiger partial charge in [0.1, 0.15) is 0 Å².